The highest BCUT2D eigenvalue weighted by molar-refractivity contribution is 6.03. The van der Waals surface area contributed by atoms with E-state index in [4.69, 9.17) is 9.47 Å². The van der Waals surface area contributed by atoms with Gasteiger partial charge in [-0.15, -0.1) is 0 Å². The van der Waals surface area contributed by atoms with Crippen LogP contribution in [0, 0.1) is 5.92 Å². The van der Waals surface area contributed by atoms with Crippen molar-refractivity contribution < 1.29 is 19.1 Å². The van der Waals surface area contributed by atoms with Crippen LogP contribution in [0.15, 0.2) is 48.5 Å². The average Bonchev–Trinajstić information content (AvgIpc) is 3.19. The van der Waals surface area contributed by atoms with Crippen LogP contribution in [-0.4, -0.2) is 47.6 Å². The van der Waals surface area contributed by atoms with E-state index < -0.39 is 5.54 Å². The van der Waals surface area contributed by atoms with Gasteiger partial charge in [-0.2, -0.15) is 0 Å². The highest BCUT2D eigenvalue weighted by Gasteiger charge is 2.47. The molecule has 0 aliphatic carbocycles. The largest absolute Gasteiger partial charge is 0.497 e. The van der Waals surface area contributed by atoms with Crippen LogP contribution in [0.3, 0.4) is 0 Å². The van der Waals surface area contributed by atoms with E-state index in [9.17, 15) is 9.59 Å². The number of hydrogen-bond donors (Lipinski definition) is 1. The molecule has 7 heteroatoms. The quantitative estimate of drug-likeness (QED) is 0.543. The molecule has 0 radical (unpaired) electrons. The molecule has 2 heterocycles. The summed E-state index contributed by atoms with van der Waals surface area (Å²) in [5, 5.41) is 4.06. The lowest BCUT2D eigenvalue weighted by Crippen LogP contribution is -2.63. The van der Waals surface area contributed by atoms with Crippen LogP contribution in [0.4, 0.5) is 0 Å². The minimum atomic E-state index is -1.09. The Hall–Kier alpha value is -3.48. The van der Waals surface area contributed by atoms with E-state index in [1.54, 1.807) is 19.1 Å². The maximum Gasteiger partial charge on any atom is 0.271 e. The lowest BCUT2D eigenvalue weighted by Gasteiger charge is -2.44. The van der Waals surface area contributed by atoms with E-state index >= 15 is 0 Å². The van der Waals surface area contributed by atoms with Crippen LogP contribution in [0.2, 0.25) is 0 Å². The summed E-state index contributed by atoms with van der Waals surface area (Å²) in [4.78, 5) is 29.2. The average molecular weight is 464 g/mol. The lowest BCUT2D eigenvalue weighted by molar-refractivity contribution is -0.133. The number of para-hydroxylation sites is 1. The van der Waals surface area contributed by atoms with Crippen molar-refractivity contribution in [2.24, 2.45) is 5.92 Å². The van der Waals surface area contributed by atoms with Gasteiger partial charge in [-0.05, 0) is 49.6 Å². The third kappa shape index (κ3) is 4.22. The molecule has 1 N–H and O–H groups in total. The molecule has 0 saturated carbocycles. The maximum absolute atomic E-state index is 13.9. The molecule has 0 saturated heterocycles. The fourth-order valence-electron chi connectivity index (χ4n) is 4.59. The molecular weight excluding hydrogens is 430 g/mol. The van der Waals surface area contributed by atoms with Gasteiger partial charge >= 0.3 is 0 Å². The summed E-state index contributed by atoms with van der Waals surface area (Å²) in [5.74, 6) is 1.43. The topological polar surface area (TPSA) is 72.8 Å². The first-order chi connectivity index (χ1) is 16.3. The molecule has 1 atom stereocenters. The normalized spacial score (nSPS) is 17.7. The number of benzene rings is 2. The molecule has 0 bridgehead atoms. The van der Waals surface area contributed by atoms with Gasteiger partial charge in [0.25, 0.3) is 5.91 Å². The second kappa shape index (κ2) is 9.41. The van der Waals surface area contributed by atoms with Crippen molar-refractivity contribution in [2.75, 3.05) is 20.8 Å². The van der Waals surface area contributed by atoms with Crippen LogP contribution >= 0.6 is 0 Å². The number of ether oxygens (including phenoxy) is 2. The van der Waals surface area contributed by atoms with Crippen LogP contribution in [0.1, 0.15) is 43.2 Å². The summed E-state index contributed by atoms with van der Waals surface area (Å²) in [5.41, 5.74) is 1.22. The molecule has 0 spiro atoms. The maximum atomic E-state index is 13.9. The fraction of sp³-hybridized carbons (Fsp3) is 0.407. The van der Waals surface area contributed by atoms with Gasteiger partial charge < -0.3 is 24.3 Å². The van der Waals surface area contributed by atoms with Gasteiger partial charge in [0.2, 0.25) is 5.91 Å². The molecule has 1 aromatic heterocycles. The first-order valence-electron chi connectivity index (χ1n) is 11.7. The van der Waals surface area contributed by atoms with Crippen molar-refractivity contribution in [1.29, 1.82) is 0 Å². The van der Waals surface area contributed by atoms with Gasteiger partial charge in [-0.25, -0.2) is 0 Å². The van der Waals surface area contributed by atoms with Crippen molar-refractivity contribution in [3.63, 3.8) is 0 Å². The van der Waals surface area contributed by atoms with Gasteiger partial charge in [-0.1, -0.05) is 32.0 Å². The Morgan fingerprint density at radius 2 is 1.88 bits per heavy atom. The van der Waals surface area contributed by atoms with Crippen LogP contribution in [-0.2, 0) is 17.9 Å². The van der Waals surface area contributed by atoms with Crippen molar-refractivity contribution in [1.82, 2.24) is 14.8 Å². The van der Waals surface area contributed by atoms with Crippen LogP contribution < -0.4 is 14.8 Å². The highest BCUT2D eigenvalue weighted by atomic mass is 16.5. The number of carbonyl (C=O) groups is 2. The Balaban J connectivity index is 1.78. The zero-order chi connectivity index (χ0) is 24.5. The predicted molar refractivity (Wildman–Crippen MR) is 132 cm³/mol. The van der Waals surface area contributed by atoms with Gasteiger partial charge in [-0.3, -0.25) is 9.59 Å². The zero-order valence-electron chi connectivity index (χ0n) is 20.6. The molecule has 1 aliphatic rings. The van der Waals surface area contributed by atoms with E-state index in [0.717, 1.165) is 22.9 Å². The van der Waals surface area contributed by atoms with E-state index in [-0.39, 0.29) is 18.4 Å². The molecule has 180 valence electrons. The second-order valence-electron chi connectivity index (χ2n) is 9.46. The van der Waals surface area contributed by atoms with Crippen LogP contribution in [0.5, 0.6) is 11.5 Å². The number of nitrogens with zero attached hydrogens (tertiary/aromatic N) is 2. The monoisotopic (exact) mass is 463 g/mol. The summed E-state index contributed by atoms with van der Waals surface area (Å²) in [6.07, 6.45) is 0.872. The standard InChI is InChI=1S/C27H33N3O4/c1-18(2)12-13-28-26(32)27(3)17-29-22-9-7-6-8-19(22)15-23(29)25(31)30(27)16-20-14-21(33-4)10-11-24(20)34-5/h6-11,14-15,18H,12-13,16-17H2,1-5H3,(H,28,32)/t27-/m1/s1. The Morgan fingerprint density at radius 3 is 2.59 bits per heavy atom. The Kier molecular flexibility index (Phi) is 6.55. The summed E-state index contributed by atoms with van der Waals surface area (Å²) in [6.45, 7) is 7.24. The molecule has 7 nitrogen and oxygen atoms in total. The molecule has 0 unspecified atom stereocenters. The fourth-order valence-corrected chi connectivity index (χ4v) is 4.59. The van der Waals surface area contributed by atoms with Crippen molar-refractivity contribution >= 4 is 22.7 Å². The highest BCUT2D eigenvalue weighted by Crippen LogP contribution is 2.35. The Morgan fingerprint density at radius 1 is 1.12 bits per heavy atom. The number of carbonyl (C=O) groups excluding carboxylic acids is 2. The molecule has 0 fully saturated rings. The summed E-state index contributed by atoms with van der Waals surface area (Å²) in [6, 6.07) is 15.3. The molecule has 1 aliphatic heterocycles. The molecule has 34 heavy (non-hydrogen) atoms. The number of amides is 2. The molecular formula is C27H33N3O4. The summed E-state index contributed by atoms with van der Waals surface area (Å²) in [7, 11) is 3.20. The number of hydrogen-bond acceptors (Lipinski definition) is 4. The van der Waals surface area contributed by atoms with E-state index in [1.165, 1.54) is 0 Å². The third-order valence-corrected chi connectivity index (χ3v) is 6.65. The van der Waals surface area contributed by atoms with Gasteiger partial charge in [0, 0.05) is 23.0 Å². The summed E-state index contributed by atoms with van der Waals surface area (Å²) < 4.78 is 12.9. The Labute approximate surface area is 200 Å². The molecule has 3 aromatic rings. The van der Waals surface area contributed by atoms with Gasteiger partial charge in [0.1, 0.15) is 22.7 Å². The van der Waals surface area contributed by atoms with E-state index in [2.05, 4.69) is 19.2 Å². The number of rotatable bonds is 8. The van der Waals surface area contributed by atoms with Crippen molar-refractivity contribution in [3.05, 3.63) is 59.8 Å². The molecule has 2 aromatic carbocycles. The van der Waals surface area contributed by atoms with Gasteiger partial charge in [0.05, 0.1) is 27.3 Å². The van der Waals surface area contributed by atoms with Crippen molar-refractivity contribution in [2.45, 2.75) is 45.8 Å². The first-order valence-corrected chi connectivity index (χ1v) is 11.7. The smallest absolute Gasteiger partial charge is 0.271 e. The first kappa shape index (κ1) is 23.7. The van der Waals surface area contributed by atoms with E-state index in [0.29, 0.717) is 36.2 Å². The second-order valence-corrected chi connectivity index (χ2v) is 9.46. The SMILES string of the molecule is COc1ccc(OC)c(CN2C(=O)c3cc4ccccc4n3C[C@]2(C)C(=O)NCCC(C)C)c1. The van der Waals surface area contributed by atoms with E-state index in [1.807, 2.05) is 60.0 Å². The molecule has 2 amide bonds. The van der Waals surface area contributed by atoms with Gasteiger partial charge in [0.15, 0.2) is 0 Å². The number of methoxy groups -OCH3 is 2. The zero-order valence-corrected chi connectivity index (χ0v) is 20.6. The number of fused-ring (bicyclic) bond motifs is 3. The predicted octanol–water partition coefficient (Wildman–Crippen LogP) is 4.24. The summed E-state index contributed by atoms with van der Waals surface area (Å²) >= 11 is 0. The number of aromatic nitrogens is 1. The Bertz CT molecular complexity index is 1220. The number of nitrogens with one attached hydrogen (secondary N) is 1. The lowest BCUT2D eigenvalue weighted by atomic mass is 9.93. The van der Waals surface area contributed by atoms with Crippen molar-refractivity contribution in [3.8, 4) is 11.5 Å². The van der Waals surface area contributed by atoms with Crippen LogP contribution in [0.25, 0.3) is 10.9 Å². The third-order valence-electron chi connectivity index (χ3n) is 6.65. The molecule has 4 rings (SSSR count). The minimum Gasteiger partial charge on any atom is -0.497 e. The minimum absolute atomic E-state index is 0.160.